The Bertz CT molecular complexity index is 492. The van der Waals surface area contributed by atoms with Gasteiger partial charge in [0.25, 0.3) is 0 Å². The molecular formula is C14H16BrNO3. The molecule has 1 fully saturated rings. The second-order valence-electron chi connectivity index (χ2n) is 4.53. The topological polar surface area (TPSA) is 47.9 Å². The Morgan fingerprint density at radius 2 is 2.11 bits per heavy atom. The predicted molar refractivity (Wildman–Crippen MR) is 75.4 cm³/mol. The number of hydrogen-bond acceptors (Lipinski definition) is 4. The van der Waals surface area contributed by atoms with Crippen molar-refractivity contribution < 1.29 is 14.3 Å². The van der Waals surface area contributed by atoms with E-state index in [-0.39, 0.29) is 12.6 Å². The fourth-order valence-corrected chi connectivity index (χ4v) is 2.70. The van der Waals surface area contributed by atoms with Gasteiger partial charge in [0.15, 0.2) is 11.5 Å². The van der Waals surface area contributed by atoms with Crippen LogP contribution in [0.4, 0.5) is 0 Å². The van der Waals surface area contributed by atoms with Crippen LogP contribution in [0.15, 0.2) is 21.6 Å². The van der Waals surface area contributed by atoms with Crippen LogP contribution in [0.2, 0.25) is 0 Å². The number of halogens is 1. The van der Waals surface area contributed by atoms with Crippen LogP contribution in [-0.4, -0.2) is 19.3 Å². The average molecular weight is 326 g/mol. The van der Waals surface area contributed by atoms with Gasteiger partial charge in [-0.3, -0.25) is 0 Å². The van der Waals surface area contributed by atoms with Gasteiger partial charge in [0.1, 0.15) is 0 Å². The van der Waals surface area contributed by atoms with Crippen molar-refractivity contribution in [3.63, 3.8) is 0 Å². The van der Waals surface area contributed by atoms with Crippen molar-refractivity contribution >= 4 is 22.0 Å². The number of hydrogen-bond donors (Lipinski definition) is 0. The lowest BCUT2D eigenvalue weighted by molar-refractivity contribution is 0.200. The summed E-state index contributed by atoms with van der Waals surface area (Å²) in [5.41, 5.74) is 0.874. The maximum absolute atomic E-state index is 10.2. The highest BCUT2D eigenvalue weighted by atomic mass is 79.9. The van der Waals surface area contributed by atoms with Gasteiger partial charge in [0, 0.05) is 4.47 Å². The highest BCUT2D eigenvalue weighted by molar-refractivity contribution is 9.10. The standard InChI is InChI=1S/C14H16BrNO3/c1-18-13-6-10(8-16-9-17)12(15)7-14(13)19-11-4-2-3-5-11/h6-7,11H,2-5,8H2,1H3. The molecule has 1 aromatic carbocycles. The van der Waals surface area contributed by atoms with Crippen molar-refractivity contribution in [2.75, 3.05) is 7.11 Å². The number of aliphatic imine (C=N–C) groups is 1. The summed E-state index contributed by atoms with van der Waals surface area (Å²) in [4.78, 5) is 13.8. The molecule has 4 nitrogen and oxygen atoms in total. The number of carbonyl (C=O) groups excluding carboxylic acids is 1. The first-order valence-electron chi connectivity index (χ1n) is 6.31. The average Bonchev–Trinajstić information content (AvgIpc) is 2.91. The van der Waals surface area contributed by atoms with Crippen LogP contribution in [0, 0.1) is 0 Å². The van der Waals surface area contributed by atoms with Gasteiger partial charge in [-0.25, -0.2) is 9.79 Å². The Morgan fingerprint density at radius 3 is 2.74 bits per heavy atom. The molecule has 2 rings (SSSR count). The van der Waals surface area contributed by atoms with Crippen molar-refractivity contribution in [1.82, 2.24) is 0 Å². The Kier molecular flexibility index (Phi) is 5.00. The van der Waals surface area contributed by atoms with E-state index in [1.54, 1.807) is 7.11 Å². The molecule has 0 spiro atoms. The lowest BCUT2D eigenvalue weighted by Crippen LogP contribution is -2.11. The molecule has 0 saturated heterocycles. The third kappa shape index (κ3) is 3.58. The summed E-state index contributed by atoms with van der Waals surface area (Å²) >= 11 is 3.46. The van der Waals surface area contributed by atoms with E-state index in [9.17, 15) is 4.79 Å². The third-order valence-electron chi connectivity index (χ3n) is 3.24. The molecule has 1 aliphatic carbocycles. The fourth-order valence-electron chi connectivity index (χ4n) is 2.25. The third-order valence-corrected chi connectivity index (χ3v) is 3.98. The van der Waals surface area contributed by atoms with Crippen molar-refractivity contribution in [1.29, 1.82) is 0 Å². The normalized spacial score (nSPS) is 15.1. The smallest absolute Gasteiger partial charge is 0.235 e. The number of methoxy groups -OCH3 is 1. The quantitative estimate of drug-likeness (QED) is 0.613. The first kappa shape index (κ1) is 14.1. The van der Waals surface area contributed by atoms with Crippen LogP contribution in [0.3, 0.4) is 0 Å². The van der Waals surface area contributed by atoms with Gasteiger partial charge < -0.3 is 9.47 Å². The Morgan fingerprint density at radius 1 is 1.37 bits per heavy atom. The highest BCUT2D eigenvalue weighted by Gasteiger charge is 2.19. The lowest BCUT2D eigenvalue weighted by atomic mass is 10.2. The van der Waals surface area contributed by atoms with Crippen molar-refractivity contribution in [3.8, 4) is 11.5 Å². The zero-order chi connectivity index (χ0) is 13.7. The number of ether oxygens (including phenoxy) is 2. The molecule has 0 bridgehead atoms. The van der Waals surface area contributed by atoms with Crippen LogP contribution >= 0.6 is 15.9 Å². The largest absolute Gasteiger partial charge is 0.493 e. The van der Waals surface area contributed by atoms with Crippen LogP contribution in [0.1, 0.15) is 31.2 Å². The van der Waals surface area contributed by atoms with E-state index < -0.39 is 0 Å². The van der Waals surface area contributed by atoms with E-state index in [1.807, 2.05) is 12.1 Å². The monoisotopic (exact) mass is 325 g/mol. The maximum atomic E-state index is 10.2. The minimum Gasteiger partial charge on any atom is -0.493 e. The molecular weight excluding hydrogens is 310 g/mol. The molecule has 1 aliphatic rings. The van der Waals surface area contributed by atoms with Gasteiger partial charge in [-0.1, -0.05) is 15.9 Å². The van der Waals surface area contributed by atoms with Gasteiger partial charge in [-0.15, -0.1) is 0 Å². The molecule has 19 heavy (non-hydrogen) atoms. The first-order valence-corrected chi connectivity index (χ1v) is 7.10. The fraction of sp³-hybridized carbons (Fsp3) is 0.500. The summed E-state index contributed by atoms with van der Waals surface area (Å²) in [7, 11) is 1.61. The van der Waals surface area contributed by atoms with Gasteiger partial charge in [0.05, 0.1) is 19.8 Å². The Labute approximate surface area is 120 Å². The summed E-state index contributed by atoms with van der Waals surface area (Å²) in [6.07, 6.45) is 6.45. The summed E-state index contributed by atoms with van der Waals surface area (Å²) in [5, 5.41) is 0. The second kappa shape index (κ2) is 6.73. The van der Waals surface area contributed by atoms with Crippen molar-refractivity contribution in [2.24, 2.45) is 4.99 Å². The van der Waals surface area contributed by atoms with E-state index in [1.165, 1.54) is 18.9 Å². The summed E-state index contributed by atoms with van der Waals surface area (Å²) in [6, 6.07) is 3.72. The Hall–Kier alpha value is -1.32. The molecule has 102 valence electrons. The Balaban J connectivity index is 2.22. The summed E-state index contributed by atoms with van der Waals surface area (Å²) in [6.45, 7) is 0.282. The van der Waals surface area contributed by atoms with E-state index in [0.717, 1.165) is 28.6 Å². The maximum Gasteiger partial charge on any atom is 0.235 e. The van der Waals surface area contributed by atoms with Gasteiger partial charge >= 0.3 is 0 Å². The molecule has 0 atom stereocenters. The van der Waals surface area contributed by atoms with Crippen LogP contribution in [0.5, 0.6) is 11.5 Å². The van der Waals surface area contributed by atoms with Crippen molar-refractivity contribution in [2.45, 2.75) is 38.3 Å². The number of isocyanates is 1. The summed E-state index contributed by atoms with van der Waals surface area (Å²) in [5.74, 6) is 1.41. The molecule has 0 aromatic heterocycles. The molecule has 0 N–H and O–H groups in total. The summed E-state index contributed by atoms with van der Waals surface area (Å²) < 4.78 is 12.2. The number of rotatable bonds is 5. The zero-order valence-electron chi connectivity index (χ0n) is 10.8. The molecule has 0 amide bonds. The SMILES string of the molecule is COc1cc(CN=C=O)c(Br)cc1OC1CCCC1. The minimum atomic E-state index is 0.277. The van der Waals surface area contributed by atoms with Crippen LogP contribution in [-0.2, 0) is 11.3 Å². The molecule has 0 heterocycles. The molecule has 1 saturated carbocycles. The van der Waals surface area contributed by atoms with E-state index in [0.29, 0.717) is 5.75 Å². The first-order chi connectivity index (χ1) is 9.24. The van der Waals surface area contributed by atoms with Crippen molar-refractivity contribution in [3.05, 3.63) is 22.2 Å². The highest BCUT2D eigenvalue weighted by Crippen LogP contribution is 2.36. The van der Waals surface area contributed by atoms with Gasteiger partial charge in [0.2, 0.25) is 6.08 Å². The van der Waals surface area contributed by atoms with Gasteiger partial charge in [-0.2, -0.15) is 0 Å². The lowest BCUT2D eigenvalue weighted by Gasteiger charge is -2.17. The van der Waals surface area contributed by atoms with Gasteiger partial charge in [-0.05, 0) is 43.4 Å². The zero-order valence-corrected chi connectivity index (χ0v) is 12.4. The molecule has 1 aromatic rings. The minimum absolute atomic E-state index is 0.277. The predicted octanol–water partition coefficient (Wildman–Crippen LogP) is 3.61. The van der Waals surface area contributed by atoms with Crippen LogP contribution in [0.25, 0.3) is 0 Å². The van der Waals surface area contributed by atoms with Crippen LogP contribution < -0.4 is 9.47 Å². The molecule has 0 aliphatic heterocycles. The van der Waals surface area contributed by atoms with E-state index >= 15 is 0 Å². The molecule has 0 radical (unpaired) electrons. The second-order valence-corrected chi connectivity index (χ2v) is 5.38. The number of benzene rings is 1. The molecule has 5 heteroatoms. The van der Waals surface area contributed by atoms with E-state index in [2.05, 4.69) is 20.9 Å². The van der Waals surface area contributed by atoms with E-state index in [4.69, 9.17) is 9.47 Å². The number of nitrogens with zero attached hydrogens (tertiary/aromatic N) is 1. The molecule has 0 unspecified atom stereocenters.